The second kappa shape index (κ2) is 6.27. The summed E-state index contributed by atoms with van der Waals surface area (Å²) in [4.78, 5) is 15.7. The van der Waals surface area contributed by atoms with Crippen LogP contribution in [0.3, 0.4) is 0 Å². The molecule has 2 unspecified atom stereocenters. The van der Waals surface area contributed by atoms with Gasteiger partial charge in [-0.25, -0.2) is 0 Å². The number of nitrogens with one attached hydrogen (secondary N) is 1. The van der Waals surface area contributed by atoms with E-state index in [2.05, 4.69) is 50.5 Å². The van der Waals surface area contributed by atoms with Crippen LogP contribution in [0.25, 0.3) is 0 Å². The number of carbonyl (C=O) groups excluding carboxylic acids is 1. The van der Waals surface area contributed by atoms with Crippen molar-refractivity contribution in [3.63, 3.8) is 0 Å². The Morgan fingerprint density at radius 1 is 1.30 bits per heavy atom. The summed E-state index contributed by atoms with van der Waals surface area (Å²) >= 11 is 1.72. The summed E-state index contributed by atoms with van der Waals surface area (Å²) < 4.78 is 0. The lowest BCUT2D eigenvalue weighted by Crippen LogP contribution is -2.38. The van der Waals surface area contributed by atoms with E-state index in [9.17, 15) is 4.79 Å². The van der Waals surface area contributed by atoms with Crippen molar-refractivity contribution in [2.45, 2.75) is 46.8 Å². The smallest absolute Gasteiger partial charge is 0.241 e. The topological polar surface area (TPSA) is 32.3 Å². The van der Waals surface area contributed by atoms with E-state index in [1.807, 2.05) is 11.8 Å². The Kier molecular flexibility index (Phi) is 4.86. The predicted molar refractivity (Wildman–Crippen MR) is 84.5 cm³/mol. The molecule has 4 heteroatoms. The van der Waals surface area contributed by atoms with E-state index < -0.39 is 0 Å². The molecule has 1 aromatic heterocycles. The molecule has 0 aromatic carbocycles. The Hall–Kier alpha value is -0.870. The molecular formula is C16H26N2OS. The molecule has 1 saturated heterocycles. The summed E-state index contributed by atoms with van der Waals surface area (Å²) in [7, 11) is 0. The van der Waals surface area contributed by atoms with Gasteiger partial charge in [0.05, 0.1) is 6.04 Å². The van der Waals surface area contributed by atoms with Crippen molar-refractivity contribution in [1.82, 2.24) is 10.2 Å². The second-order valence-corrected chi connectivity index (χ2v) is 7.43. The molecular weight excluding hydrogens is 268 g/mol. The third kappa shape index (κ3) is 3.07. The van der Waals surface area contributed by atoms with Crippen molar-refractivity contribution in [3.8, 4) is 0 Å². The molecule has 0 radical (unpaired) electrons. The predicted octanol–water partition coefficient (Wildman–Crippen LogP) is 3.50. The fourth-order valence-electron chi connectivity index (χ4n) is 3.07. The fourth-order valence-corrected chi connectivity index (χ4v) is 3.87. The number of hydrogen-bond donors (Lipinski definition) is 1. The average molecular weight is 294 g/mol. The van der Waals surface area contributed by atoms with Crippen molar-refractivity contribution in [3.05, 3.63) is 22.4 Å². The van der Waals surface area contributed by atoms with Gasteiger partial charge >= 0.3 is 0 Å². The highest BCUT2D eigenvalue weighted by molar-refractivity contribution is 7.10. The van der Waals surface area contributed by atoms with Crippen molar-refractivity contribution in [2.75, 3.05) is 6.54 Å². The van der Waals surface area contributed by atoms with E-state index >= 15 is 0 Å². The van der Waals surface area contributed by atoms with Crippen molar-refractivity contribution < 1.29 is 4.79 Å². The Bertz CT molecular complexity index is 433. The summed E-state index contributed by atoms with van der Waals surface area (Å²) in [6, 6.07) is 4.08. The molecule has 1 N–H and O–H groups in total. The minimum Gasteiger partial charge on any atom is -0.320 e. The standard InChI is InChI=1S/C16H26N2OS/c1-10(2)13(11(3)4)9-18-15(14-7-6-8-20-14)17-12(5)16(18)19/h6-8,10-13,15,17H,9H2,1-5H3. The van der Waals surface area contributed by atoms with Gasteiger partial charge in [0.15, 0.2) is 0 Å². The van der Waals surface area contributed by atoms with Gasteiger partial charge in [0.2, 0.25) is 5.91 Å². The van der Waals surface area contributed by atoms with Gasteiger partial charge in [-0.1, -0.05) is 33.8 Å². The first-order chi connectivity index (χ1) is 9.41. The summed E-state index contributed by atoms with van der Waals surface area (Å²) in [5.74, 6) is 1.94. The van der Waals surface area contributed by atoms with Crippen molar-refractivity contribution >= 4 is 17.2 Å². The third-order valence-corrected chi connectivity index (χ3v) is 5.23. The zero-order chi connectivity index (χ0) is 14.9. The molecule has 3 nitrogen and oxygen atoms in total. The SMILES string of the molecule is CC1NC(c2cccs2)N(CC(C(C)C)C(C)C)C1=O. The lowest BCUT2D eigenvalue weighted by atomic mass is 9.85. The van der Waals surface area contributed by atoms with Crippen LogP contribution in [0.4, 0.5) is 0 Å². The van der Waals surface area contributed by atoms with Gasteiger partial charge in [0.1, 0.15) is 6.17 Å². The van der Waals surface area contributed by atoms with Crippen LogP contribution >= 0.6 is 11.3 Å². The minimum atomic E-state index is -0.0814. The highest BCUT2D eigenvalue weighted by atomic mass is 32.1. The van der Waals surface area contributed by atoms with E-state index in [0.29, 0.717) is 17.8 Å². The molecule has 0 aliphatic carbocycles. The van der Waals surface area contributed by atoms with Crippen LogP contribution in [0.15, 0.2) is 17.5 Å². The lowest BCUT2D eigenvalue weighted by molar-refractivity contribution is -0.130. The number of thiophene rings is 1. The molecule has 0 bridgehead atoms. The molecule has 2 heterocycles. The Morgan fingerprint density at radius 3 is 2.45 bits per heavy atom. The summed E-state index contributed by atoms with van der Waals surface area (Å²) in [5.41, 5.74) is 0. The van der Waals surface area contributed by atoms with Crippen LogP contribution in [0, 0.1) is 17.8 Å². The maximum absolute atomic E-state index is 12.5. The molecule has 1 aromatic rings. The largest absolute Gasteiger partial charge is 0.320 e. The van der Waals surface area contributed by atoms with E-state index in [-0.39, 0.29) is 18.1 Å². The first kappa shape index (κ1) is 15.5. The van der Waals surface area contributed by atoms with Gasteiger partial charge in [-0.15, -0.1) is 11.3 Å². The van der Waals surface area contributed by atoms with Crippen molar-refractivity contribution in [2.24, 2.45) is 17.8 Å². The highest BCUT2D eigenvalue weighted by Crippen LogP contribution is 2.32. The van der Waals surface area contributed by atoms with Crippen LogP contribution in [-0.4, -0.2) is 23.4 Å². The van der Waals surface area contributed by atoms with Crippen LogP contribution < -0.4 is 5.32 Å². The normalized spacial score (nSPS) is 23.6. The third-order valence-electron chi connectivity index (χ3n) is 4.31. The van der Waals surface area contributed by atoms with E-state index in [1.54, 1.807) is 11.3 Å². The van der Waals surface area contributed by atoms with Gasteiger partial charge in [-0.3, -0.25) is 10.1 Å². The van der Waals surface area contributed by atoms with Crippen LogP contribution in [0.2, 0.25) is 0 Å². The van der Waals surface area contributed by atoms with Gasteiger partial charge < -0.3 is 4.90 Å². The molecule has 112 valence electrons. The maximum Gasteiger partial charge on any atom is 0.241 e. The molecule has 20 heavy (non-hydrogen) atoms. The number of carbonyl (C=O) groups is 1. The first-order valence-electron chi connectivity index (χ1n) is 7.51. The molecule has 0 saturated carbocycles. The van der Waals surface area contributed by atoms with E-state index in [0.717, 1.165) is 6.54 Å². The monoisotopic (exact) mass is 294 g/mol. The minimum absolute atomic E-state index is 0.0532. The van der Waals surface area contributed by atoms with Crippen LogP contribution in [0.5, 0.6) is 0 Å². The second-order valence-electron chi connectivity index (χ2n) is 6.45. The van der Waals surface area contributed by atoms with Gasteiger partial charge in [-0.2, -0.15) is 0 Å². The summed E-state index contributed by atoms with van der Waals surface area (Å²) in [5, 5.41) is 5.50. The Balaban J connectivity index is 2.20. The summed E-state index contributed by atoms with van der Waals surface area (Å²) in [6.07, 6.45) is 0.0532. The number of hydrogen-bond acceptors (Lipinski definition) is 3. The van der Waals surface area contributed by atoms with E-state index in [4.69, 9.17) is 0 Å². The van der Waals surface area contributed by atoms with Gasteiger partial charge in [-0.05, 0) is 36.1 Å². The molecule has 1 amide bonds. The first-order valence-corrected chi connectivity index (χ1v) is 8.39. The number of rotatable bonds is 5. The maximum atomic E-state index is 12.5. The lowest BCUT2D eigenvalue weighted by Gasteiger charge is -2.32. The number of amides is 1. The van der Waals surface area contributed by atoms with E-state index in [1.165, 1.54) is 4.88 Å². The molecule has 1 fully saturated rings. The van der Waals surface area contributed by atoms with Gasteiger partial charge in [0, 0.05) is 11.4 Å². The highest BCUT2D eigenvalue weighted by Gasteiger charge is 2.39. The molecule has 2 rings (SSSR count). The molecule has 1 aliphatic rings. The Morgan fingerprint density at radius 2 is 1.95 bits per heavy atom. The zero-order valence-electron chi connectivity index (χ0n) is 13.1. The quantitative estimate of drug-likeness (QED) is 0.901. The number of nitrogens with zero attached hydrogens (tertiary/aromatic N) is 1. The zero-order valence-corrected chi connectivity index (χ0v) is 13.9. The fraction of sp³-hybridized carbons (Fsp3) is 0.688. The van der Waals surface area contributed by atoms with Crippen molar-refractivity contribution in [1.29, 1.82) is 0 Å². The van der Waals surface area contributed by atoms with Crippen LogP contribution in [0.1, 0.15) is 45.7 Å². The average Bonchev–Trinajstić information content (AvgIpc) is 2.97. The Labute approximate surface area is 126 Å². The molecule has 1 aliphatic heterocycles. The summed E-state index contributed by atoms with van der Waals surface area (Å²) in [6.45, 7) is 11.8. The molecule has 2 atom stereocenters. The van der Waals surface area contributed by atoms with Gasteiger partial charge in [0.25, 0.3) is 0 Å². The van der Waals surface area contributed by atoms with Crippen LogP contribution in [-0.2, 0) is 4.79 Å². The molecule has 0 spiro atoms.